The van der Waals surface area contributed by atoms with Gasteiger partial charge in [-0.2, -0.15) is 0 Å². The lowest BCUT2D eigenvalue weighted by Gasteiger charge is -2.22. The molecule has 1 aliphatic heterocycles. The molecule has 1 saturated heterocycles. The SMILES string of the molecule is O=c1ccc2ccc(OC[C@H]3OC(O)(CO)[C@@H](O)[C@@H]3O)cc2o1. The number of rotatable bonds is 4. The number of fused-ring (bicyclic) bond motifs is 1. The topological polar surface area (TPSA) is 130 Å². The quantitative estimate of drug-likeness (QED) is 0.526. The van der Waals surface area contributed by atoms with Crippen molar-refractivity contribution in [2.45, 2.75) is 24.1 Å². The monoisotopic (exact) mass is 324 g/mol. The number of hydrogen-bond acceptors (Lipinski definition) is 8. The molecule has 0 amide bonds. The van der Waals surface area contributed by atoms with Gasteiger partial charge in [-0.15, -0.1) is 0 Å². The van der Waals surface area contributed by atoms with Gasteiger partial charge in [0.05, 0.1) is 6.61 Å². The highest BCUT2D eigenvalue weighted by Gasteiger charge is 2.53. The van der Waals surface area contributed by atoms with Gasteiger partial charge in [-0.3, -0.25) is 0 Å². The van der Waals surface area contributed by atoms with Gasteiger partial charge >= 0.3 is 5.63 Å². The highest BCUT2D eigenvalue weighted by molar-refractivity contribution is 5.77. The normalized spacial score (nSPS) is 30.7. The van der Waals surface area contributed by atoms with Crippen LogP contribution in [-0.4, -0.2) is 57.7 Å². The molecule has 0 aliphatic carbocycles. The first-order valence-electron chi connectivity index (χ1n) is 6.97. The number of aliphatic hydroxyl groups is 4. The Hall–Kier alpha value is -1.97. The van der Waals surface area contributed by atoms with Gasteiger partial charge < -0.3 is 34.3 Å². The summed E-state index contributed by atoms with van der Waals surface area (Å²) in [5, 5.41) is 39.0. The van der Waals surface area contributed by atoms with Crippen LogP contribution in [-0.2, 0) is 4.74 Å². The zero-order valence-electron chi connectivity index (χ0n) is 12.0. The molecular weight excluding hydrogens is 308 g/mol. The summed E-state index contributed by atoms with van der Waals surface area (Å²) in [5.41, 5.74) is -0.143. The van der Waals surface area contributed by atoms with Crippen LogP contribution in [0.2, 0.25) is 0 Å². The van der Waals surface area contributed by atoms with Crippen LogP contribution in [0.5, 0.6) is 5.75 Å². The van der Waals surface area contributed by atoms with Crippen molar-refractivity contribution in [2.75, 3.05) is 13.2 Å². The van der Waals surface area contributed by atoms with Gasteiger partial charge in [-0.05, 0) is 18.2 Å². The van der Waals surface area contributed by atoms with Gasteiger partial charge in [0, 0.05) is 17.5 Å². The van der Waals surface area contributed by atoms with Crippen LogP contribution in [0.1, 0.15) is 0 Å². The fraction of sp³-hybridized carbons (Fsp3) is 0.400. The summed E-state index contributed by atoms with van der Waals surface area (Å²) >= 11 is 0. The Morgan fingerprint density at radius 2 is 1.96 bits per heavy atom. The fourth-order valence-electron chi connectivity index (χ4n) is 2.44. The van der Waals surface area contributed by atoms with E-state index in [1.807, 2.05) is 0 Å². The molecule has 2 heterocycles. The highest BCUT2D eigenvalue weighted by Crippen LogP contribution is 2.29. The predicted octanol–water partition coefficient (Wildman–Crippen LogP) is -1.03. The lowest BCUT2D eigenvalue weighted by atomic mass is 10.1. The Balaban J connectivity index is 1.72. The van der Waals surface area contributed by atoms with Crippen molar-refractivity contribution in [2.24, 2.45) is 0 Å². The molecule has 8 heteroatoms. The second-order valence-corrected chi connectivity index (χ2v) is 5.36. The minimum Gasteiger partial charge on any atom is -0.491 e. The third kappa shape index (κ3) is 2.94. The van der Waals surface area contributed by atoms with Crippen LogP contribution in [0.4, 0.5) is 0 Å². The molecule has 124 valence electrons. The van der Waals surface area contributed by atoms with Crippen molar-refractivity contribution in [3.63, 3.8) is 0 Å². The van der Waals surface area contributed by atoms with Crippen LogP contribution in [0.3, 0.4) is 0 Å². The molecule has 4 N–H and O–H groups in total. The molecule has 1 unspecified atom stereocenters. The van der Waals surface area contributed by atoms with Crippen molar-refractivity contribution < 1.29 is 34.3 Å². The van der Waals surface area contributed by atoms with Crippen molar-refractivity contribution in [1.82, 2.24) is 0 Å². The van der Waals surface area contributed by atoms with E-state index in [2.05, 4.69) is 0 Å². The number of benzene rings is 1. The molecule has 1 aliphatic rings. The van der Waals surface area contributed by atoms with Crippen LogP contribution < -0.4 is 10.4 Å². The third-order valence-electron chi connectivity index (χ3n) is 3.76. The molecule has 0 bridgehead atoms. The summed E-state index contributed by atoms with van der Waals surface area (Å²) in [6.45, 7) is -1.04. The van der Waals surface area contributed by atoms with E-state index in [1.165, 1.54) is 12.1 Å². The molecule has 2 aromatic rings. The summed E-state index contributed by atoms with van der Waals surface area (Å²) in [6, 6.07) is 7.76. The minimum atomic E-state index is -2.22. The lowest BCUT2D eigenvalue weighted by molar-refractivity contribution is -0.247. The summed E-state index contributed by atoms with van der Waals surface area (Å²) in [7, 11) is 0. The van der Waals surface area contributed by atoms with E-state index in [4.69, 9.17) is 19.0 Å². The van der Waals surface area contributed by atoms with Gasteiger partial charge in [-0.25, -0.2) is 4.79 Å². The Kier molecular flexibility index (Phi) is 4.09. The average Bonchev–Trinajstić information content (AvgIpc) is 2.77. The summed E-state index contributed by atoms with van der Waals surface area (Å²) < 4.78 is 15.5. The molecule has 4 atom stereocenters. The first kappa shape index (κ1) is 15.9. The number of aliphatic hydroxyl groups excluding tert-OH is 3. The lowest BCUT2D eigenvalue weighted by Crippen LogP contribution is -2.46. The molecule has 0 saturated carbocycles. The van der Waals surface area contributed by atoms with Gasteiger partial charge in [0.1, 0.15) is 36.3 Å². The largest absolute Gasteiger partial charge is 0.491 e. The molecule has 3 rings (SSSR count). The minimum absolute atomic E-state index is 0.177. The maximum absolute atomic E-state index is 11.2. The zero-order chi connectivity index (χ0) is 16.6. The third-order valence-corrected chi connectivity index (χ3v) is 3.76. The predicted molar refractivity (Wildman–Crippen MR) is 76.9 cm³/mol. The molecule has 0 spiro atoms. The van der Waals surface area contributed by atoms with E-state index in [1.54, 1.807) is 18.2 Å². The standard InChI is InChI=1S/C15H16O8/c16-7-15(20)14(19)13(18)11(23-15)6-21-9-3-1-8-2-4-12(17)22-10(8)5-9/h1-5,11,13-14,16,18-20H,6-7H2/t11-,13-,14+,15?/m1/s1. The summed E-state index contributed by atoms with van der Waals surface area (Å²) in [5.74, 6) is -1.86. The van der Waals surface area contributed by atoms with Gasteiger partial charge in [0.2, 0.25) is 5.79 Å². The number of ether oxygens (including phenoxy) is 2. The van der Waals surface area contributed by atoms with Crippen molar-refractivity contribution in [1.29, 1.82) is 0 Å². The summed E-state index contributed by atoms with van der Waals surface area (Å²) in [4.78, 5) is 11.2. The molecule has 1 aromatic heterocycles. The van der Waals surface area contributed by atoms with E-state index in [9.17, 15) is 20.1 Å². The zero-order valence-corrected chi connectivity index (χ0v) is 12.0. The van der Waals surface area contributed by atoms with Gasteiger partial charge in [0.15, 0.2) is 0 Å². The number of hydrogen-bond donors (Lipinski definition) is 4. The fourth-order valence-corrected chi connectivity index (χ4v) is 2.44. The average molecular weight is 324 g/mol. The molecule has 1 aromatic carbocycles. The Morgan fingerprint density at radius 3 is 2.65 bits per heavy atom. The van der Waals surface area contributed by atoms with Gasteiger partial charge in [0.25, 0.3) is 0 Å². The first-order chi connectivity index (χ1) is 10.9. The van der Waals surface area contributed by atoms with Gasteiger partial charge in [-0.1, -0.05) is 0 Å². The Labute approximate surface area is 130 Å². The van der Waals surface area contributed by atoms with E-state index in [0.717, 1.165) is 5.39 Å². The van der Waals surface area contributed by atoms with E-state index in [0.29, 0.717) is 11.3 Å². The highest BCUT2D eigenvalue weighted by atomic mass is 16.7. The van der Waals surface area contributed by atoms with Crippen molar-refractivity contribution in [3.8, 4) is 5.75 Å². The first-order valence-corrected chi connectivity index (χ1v) is 6.97. The van der Waals surface area contributed by atoms with Crippen molar-refractivity contribution in [3.05, 3.63) is 40.8 Å². The molecular formula is C15H16O8. The molecule has 23 heavy (non-hydrogen) atoms. The smallest absolute Gasteiger partial charge is 0.336 e. The second-order valence-electron chi connectivity index (χ2n) is 5.36. The van der Waals surface area contributed by atoms with E-state index < -0.39 is 36.3 Å². The second kappa shape index (κ2) is 5.91. The van der Waals surface area contributed by atoms with E-state index in [-0.39, 0.29) is 6.61 Å². The van der Waals surface area contributed by atoms with Crippen LogP contribution in [0, 0.1) is 0 Å². The van der Waals surface area contributed by atoms with Crippen LogP contribution in [0.15, 0.2) is 39.5 Å². The van der Waals surface area contributed by atoms with Crippen molar-refractivity contribution >= 4 is 11.0 Å². The maximum Gasteiger partial charge on any atom is 0.336 e. The molecule has 8 nitrogen and oxygen atoms in total. The molecule has 1 fully saturated rings. The molecule has 0 radical (unpaired) electrons. The maximum atomic E-state index is 11.2. The Bertz CT molecular complexity index is 756. The van der Waals surface area contributed by atoms with Crippen LogP contribution >= 0.6 is 0 Å². The van der Waals surface area contributed by atoms with E-state index >= 15 is 0 Å². The van der Waals surface area contributed by atoms with Crippen LogP contribution in [0.25, 0.3) is 11.0 Å². The Morgan fingerprint density at radius 1 is 1.22 bits per heavy atom. The summed E-state index contributed by atoms with van der Waals surface area (Å²) in [6.07, 6.45) is -4.08.